The maximum absolute atomic E-state index is 8.90. The second-order valence-corrected chi connectivity index (χ2v) is 4.84. The molecule has 1 saturated carbocycles. The monoisotopic (exact) mass is 260 g/mol. The van der Waals surface area contributed by atoms with Crippen molar-refractivity contribution in [1.29, 1.82) is 5.26 Å². The number of rotatable bonds is 4. The van der Waals surface area contributed by atoms with E-state index in [9.17, 15) is 0 Å². The van der Waals surface area contributed by atoms with Gasteiger partial charge in [-0.15, -0.1) is 0 Å². The van der Waals surface area contributed by atoms with Crippen molar-refractivity contribution in [2.24, 2.45) is 0 Å². The summed E-state index contributed by atoms with van der Waals surface area (Å²) in [5.41, 5.74) is 1.53. The highest BCUT2D eigenvalue weighted by molar-refractivity contribution is 5.60. The molecule has 0 saturated heterocycles. The Labute approximate surface area is 114 Å². The summed E-state index contributed by atoms with van der Waals surface area (Å²) in [6.07, 6.45) is 4.88. The lowest BCUT2D eigenvalue weighted by Gasteiger charge is -2.32. The maximum atomic E-state index is 8.90. The van der Waals surface area contributed by atoms with Gasteiger partial charge in [0.15, 0.2) is 0 Å². The van der Waals surface area contributed by atoms with Gasteiger partial charge in [0.2, 0.25) is 0 Å². The summed E-state index contributed by atoms with van der Waals surface area (Å²) < 4.78 is 10.9. The molecule has 0 bridgehead atoms. The fraction of sp³-hybridized carbons (Fsp3) is 0.533. The van der Waals surface area contributed by atoms with Crippen molar-refractivity contribution in [3.63, 3.8) is 0 Å². The largest absolute Gasteiger partial charge is 0.495 e. The first-order valence-corrected chi connectivity index (χ1v) is 6.66. The standard InChI is InChI=1S/C15H20N2O2/c1-18-14-6-4-3-5-12(14)17-13-8-7-11(10-16)9-15(13)19-2/h7-9,12,14,17H,3-6H2,1-2H3. The predicted octanol–water partition coefficient (Wildman–Crippen LogP) is 2.94. The molecule has 0 amide bonds. The van der Waals surface area contributed by atoms with Crippen LogP contribution in [-0.2, 0) is 4.74 Å². The van der Waals surface area contributed by atoms with E-state index >= 15 is 0 Å². The third-order valence-corrected chi connectivity index (χ3v) is 3.68. The number of nitrogens with one attached hydrogen (secondary N) is 1. The SMILES string of the molecule is COc1cc(C#N)ccc1NC1CCCCC1OC. The van der Waals surface area contributed by atoms with E-state index in [1.165, 1.54) is 12.8 Å². The van der Waals surface area contributed by atoms with Gasteiger partial charge in [0.1, 0.15) is 5.75 Å². The summed E-state index contributed by atoms with van der Waals surface area (Å²) in [6.45, 7) is 0. The van der Waals surface area contributed by atoms with Gasteiger partial charge < -0.3 is 14.8 Å². The Morgan fingerprint density at radius 2 is 2.05 bits per heavy atom. The van der Waals surface area contributed by atoms with E-state index in [0.717, 1.165) is 18.5 Å². The molecule has 102 valence electrons. The first-order chi connectivity index (χ1) is 9.28. The molecule has 1 aliphatic carbocycles. The van der Waals surface area contributed by atoms with Crippen LogP contribution in [0.25, 0.3) is 0 Å². The third-order valence-electron chi connectivity index (χ3n) is 3.68. The molecule has 0 radical (unpaired) electrons. The molecule has 0 spiro atoms. The molecule has 1 N–H and O–H groups in total. The number of hydrogen-bond donors (Lipinski definition) is 1. The molecule has 2 atom stereocenters. The van der Waals surface area contributed by atoms with E-state index in [4.69, 9.17) is 14.7 Å². The van der Waals surface area contributed by atoms with Crippen LogP contribution in [0.15, 0.2) is 18.2 Å². The zero-order valence-electron chi connectivity index (χ0n) is 11.5. The van der Waals surface area contributed by atoms with Crippen LogP contribution >= 0.6 is 0 Å². The van der Waals surface area contributed by atoms with Crippen molar-refractivity contribution in [3.05, 3.63) is 23.8 Å². The average molecular weight is 260 g/mol. The van der Waals surface area contributed by atoms with Crippen LogP contribution in [0.3, 0.4) is 0 Å². The van der Waals surface area contributed by atoms with E-state index in [1.54, 1.807) is 26.4 Å². The summed E-state index contributed by atoms with van der Waals surface area (Å²) in [7, 11) is 3.39. The number of nitrogens with zero attached hydrogens (tertiary/aromatic N) is 1. The van der Waals surface area contributed by atoms with Gasteiger partial charge in [0, 0.05) is 13.2 Å². The van der Waals surface area contributed by atoms with Crippen molar-refractivity contribution in [3.8, 4) is 11.8 Å². The van der Waals surface area contributed by atoms with Gasteiger partial charge in [-0.3, -0.25) is 0 Å². The van der Waals surface area contributed by atoms with Gasteiger partial charge in [0.25, 0.3) is 0 Å². The molecule has 2 rings (SSSR count). The molecule has 1 aromatic carbocycles. The molecule has 19 heavy (non-hydrogen) atoms. The van der Waals surface area contributed by atoms with Crippen molar-refractivity contribution in [2.75, 3.05) is 19.5 Å². The number of methoxy groups -OCH3 is 2. The number of nitriles is 1. The maximum Gasteiger partial charge on any atom is 0.143 e. The summed E-state index contributed by atoms with van der Waals surface area (Å²) >= 11 is 0. The Bertz CT molecular complexity index is 468. The van der Waals surface area contributed by atoms with Crippen LogP contribution in [0.1, 0.15) is 31.2 Å². The molecule has 1 aliphatic rings. The second kappa shape index (κ2) is 6.44. The Morgan fingerprint density at radius 1 is 1.26 bits per heavy atom. The van der Waals surface area contributed by atoms with Gasteiger partial charge in [-0.05, 0) is 25.0 Å². The van der Waals surface area contributed by atoms with E-state index in [1.807, 2.05) is 6.07 Å². The smallest absolute Gasteiger partial charge is 0.143 e. The highest BCUT2D eigenvalue weighted by Crippen LogP contribution is 2.30. The van der Waals surface area contributed by atoms with Gasteiger partial charge in [-0.1, -0.05) is 12.8 Å². The lowest BCUT2D eigenvalue weighted by atomic mass is 9.92. The molecular formula is C15H20N2O2. The minimum Gasteiger partial charge on any atom is -0.495 e. The molecular weight excluding hydrogens is 240 g/mol. The Kier molecular flexibility index (Phi) is 4.64. The number of hydrogen-bond acceptors (Lipinski definition) is 4. The molecule has 0 aromatic heterocycles. The van der Waals surface area contributed by atoms with Crippen LogP contribution in [0.2, 0.25) is 0 Å². The van der Waals surface area contributed by atoms with E-state index in [-0.39, 0.29) is 6.10 Å². The highest BCUT2D eigenvalue weighted by atomic mass is 16.5. The lowest BCUT2D eigenvalue weighted by molar-refractivity contribution is 0.0605. The minimum atomic E-state index is 0.245. The van der Waals surface area contributed by atoms with Crippen LogP contribution < -0.4 is 10.1 Å². The molecule has 0 aliphatic heterocycles. The van der Waals surface area contributed by atoms with E-state index in [0.29, 0.717) is 17.4 Å². The average Bonchev–Trinajstić information content (AvgIpc) is 2.48. The van der Waals surface area contributed by atoms with Crippen molar-refractivity contribution in [1.82, 2.24) is 0 Å². The molecule has 4 heteroatoms. The van der Waals surface area contributed by atoms with Gasteiger partial charge >= 0.3 is 0 Å². The van der Waals surface area contributed by atoms with Gasteiger partial charge in [-0.2, -0.15) is 5.26 Å². The molecule has 1 fully saturated rings. The summed E-state index contributed by atoms with van der Waals surface area (Å²) in [4.78, 5) is 0. The number of ether oxygens (including phenoxy) is 2. The van der Waals surface area contributed by atoms with Crippen molar-refractivity contribution in [2.45, 2.75) is 37.8 Å². The summed E-state index contributed by atoms with van der Waals surface area (Å²) in [5.74, 6) is 0.708. The van der Waals surface area contributed by atoms with Crippen LogP contribution in [0.5, 0.6) is 5.75 Å². The van der Waals surface area contributed by atoms with E-state index in [2.05, 4.69) is 11.4 Å². The highest BCUT2D eigenvalue weighted by Gasteiger charge is 2.25. The molecule has 4 nitrogen and oxygen atoms in total. The molecule has 1 aromatic rings. The van der Waals surface area contributed by atoms with Crippen LogP contribution in [0.4, 0.5) is 5.69 Å². The fourth-order valence-electron chi connectivity index (χ4n) is 2.62. The molecule has 2 unspecified atom stereocenters. The summed E-state index contributed by atoms with van der Waals surface area (Å²) in [6, 6.07) is 7.89. The first kappa shape index (κ1) is 13.7. The Hall–Kier alpha value is -1.73. The topological polar surface area (TPSA) is 54.3 Å². The lowest BCUT2D eigenvalue weighted by Crippen LogP contribution is -2.37. The Balaban J connectivity index is 2.15. The Morgan fingerprint density at radius 3 is 2.74 bits per heavy atom. The fourth-order valence-corrected chi connectivity index (χ4v) is 2.62. The van der Waals surface area contributed by atoms with Crippen LogP contribution in [-0.4, -0.2) is 26.4 Å². The third kappa shape index (κ3) is 3.18. The molecule has 0 heterocycles. The van der Waals surface area contributed by atoms with Gasteiger partial charge in [0.05, 0.1) is 36.6 Å². The van der Waals surface area contributed by atoms with Gasteiger partial charge in [-0.25, -0.2) is 0 Å². The number of anilines is 1. The van der Waals surface area contributed by atoms with Crippen molar-refractivity contribution < 1.29 is 9.47 Å². The zero-order chi connectivity index (χ0) is 13.7. The second-order valence-electron chi connectivity index (χ2n) is 4.84. The minimum absolute atomic E-state index is 0.245. The zero-order valence-corrected chi connectivity index (χ0v) is 11.5. The van der Waals surface area contributed by atoms with Crippen LogP contribution in [0, 0.1) is 11.3 Å². The number of benzene rings is 1. The van der Waals surface area contributed by atoms with E-state index < -0.39 is 0 Å². The first-order valence-electron chi connectivity index (χ1n) is 6.66. The summed E-state index contributed by atoms with van der Waals surface area (Å²) in [5, 5.41) is 12.4. The predicted molar refractivity (Wildman–Crippen MR) is 74.4 cm³/mol. The van der Waals surface area contributed by atoms with Crippen molar-refractivity contribution >= 4 is 5.69 Å². The normalized spacial score (nSPS) is 22.6. The quantitative estimate of drug-likeness (QED) is 0.904.